The van der Waals surface area contributed by atoms with Gasteiger partial charge in [0.2, 0.25) is 0 Å². The first-order chi connectivity index (χ1) is 16.0. The van der Waals surface area contributed by atoms with Crippen LogP contribution in [0.25, 0.3) is 0 Å². The van der Waals surface area contributed by atoms with Crippen molar-refractivity contribution < 1.29 is 19.7 Å². The number of aliphatic hydroxyl groups is 1. The molecular weight excluding hydrogens is 426 g/mol. The second-order valence-electron chi connectivity index (χ2n) is 13.8. The summed E-state index contributed by atoms with van der Waals surface area (Å²) in [5.41, 5.74) is 0.783. The Morgan fingerprint density at radius 3 is 2.59 bits per heavy atom. The Labute approximate surface area is 203 Å². The van der Waals surface area contributed by atoms with E-state index in [2.05, 4.69) is 31.7 Å². The molecule has 7 aliphatic rings. The highest BCUT2D eigenvalue weighted by Gasteiger charge is 2.82. The van der Waals surface area contributed by atoms with Crippen molar-refractivity contribution in [3.05, 3.63) is 23.3 Å². The van der Waals surface area contributed by atoms with Crippen LogP contribution in [-0.2, 0) is 16.6 Å². The number of aromatic hydroxyl groups is 1. The molecule has 5 aliphatic carbocycles. The van der Waals surface area contributed by atoms with Gasteiger partial charge in [-0.1, -0.05) is 26.8 Å². The number of fused-ring (bicyclic) bond motifs is 2. The van der Waals surface area contributed by atoms with E-state index in [0.29, 0.717) is 11.8 Å². The molecule has 0 amide bonds. The number of nitrogens with zero attached hydrogens (tertiary/aromatic N) is 1. The number of rotatable bonds is 4. The van der Waals surface area contributed by atoms with Gasteiger partial charge in [-0.15, -0.1) is 0 Å². The average molecular weight is 468 g/mol. The van der Waals surface area contributed by atoms with Gasteiger partial charge in [0.1, 0.15) is 11.7 Å². The molecular formula is C29H41NO4. The van der Waals surface area contributed by atoms with Gasteiger partial charge in [0.25, 0.3) is 0 Å². The van der Waals surface area contributed by atoms with Crippen LogP contribution in [0.3, 0.4) is 0 Å². The van der Waals surface area contributed by atoms with Gasteiger partial charge in [-0.3, -0.25) is 4.90 Å². The van der Waals surface area contributed by atoms with Crippen molar-refractivity contribution in [3.63, 3.8) is 0 Å². The van der Waals surface area contributed by atoms with Gasteiger partial charge < -0.3 is 19.7 Å². The maximum absolute atomic E-state index is 12.2. The predicted octanol–water partition coefficient (Wildman–Crippen LogP) is 4.41. The van der Waals surface area contributed by atoms with Crippen LogP contribution in [-0.4, -0.2) is 58.7 Å². The molecule has 5 fully saturated rings. The predicted molar refractivity (Wildman–Crippen MR) is 130 cm³/mol. The highest BCUT2D eigenvalue weighted by Crippen LogP contribution is 2.78. The normalized spacial score (nSPS) is 43.9. The number of likely N-dealkylation sites (tertiary alicyclic amines) is 1. The molecule has 0 radical (unpaired) electrons. The number of hydrogen-bond acceptors (Lipinski definition) is 5. The fourth-order valence-electron chi connectivity index (χ4n) is 9.58. The van der Waals surface area contributed by atoms with Crippen molar-refractivity contribution in [2.75, 3.05) is 20.2 Å². The zero-order valence-electron chi connectivity index (χ0n) is 21.5. The molecule has 2 N–H and O–H groups in total. The molecule has 7 atom stereocenters. The Balaban J connectivity index is 1.47. The Morgan fingerprint density at radius 2 is 1.91 bits per heavy atom. The minimum absolute atomic E-state index is 0.0294. The minimum atomic E-state index is -0.909. The van der Waals surface area contributed by atoms with E-state index in [0.717, 1.165) is 44.6 Å². The van der Waals surface area contributed by atoms with E-state index in [4.69, 9.17) is 9.47 Å². The lowest BCUT2D eigenvalue weighted by molar-refractivity contribution is -0.312. The molecule has 1 aromatic carbocycles. The van der Waals surface area contributed by atoms with Crippen molar-refractivity contribution in [1.82, 2.24) is 4.90 Å². The Kier molecular flexibility index (Phi) is 4.08. The molecule has 4 saturated carbocycles. The minimum Gasteiger partial charge on any atom is -0.504 e. The summed E-state index contributed by atoms with van der Waals surface area (Å²) in [6, 6.07) is 4.46. The molecule has 5 heteroatoms. The summed E-state index contributed by atoms with van der Waals surface area (Å²) in [6.07, 6.45) is 7.64. The van der Waals surface area contributed by atoms with Crippen LogP contribution in [0.5, 0.6) is 11.5 Å². The Bertz CT molecular complexity index is 1060. The molecule has 186 valence electrons. The van der Waals surface area contributed by atoms with E-state index in [9.17, 15) is 10.2 Å². The lowest BCUT2D eigenvalue weighted by Gasteiger charge is -2.75. The van der Waals surface area contributed by atoms with Crippen molar-refractivity contribution >= 4 is 0 Å². The van der Waals surface area contributed by atoms with Gasteiger partial charge in [-0.2, -0.15) is 0 Å². The van der Waals surface area contributed by atoms with Crippen molar-refractivity contribution in [1.29, 1.82) is 0 Å². The second-order valence-corrected chi connectivity index (χ2v) is 13.8. The lowest BCUT2D eigenvalue weighted by atomic mass is 9.33. The molecule has 8 rings (SSSR count). The van der Waals surface area contributed by atoms with Gasteiger partial charge in [0.15, 0.2) is 11.5 Å². The van der Waals surface area contributed by atoms with E-state index < -0.39 is 11.2 Å². The largest absolute Gasteiger partial charge is 0.504 e. The quantitative estimate of drug-likeness (QED) is 0.687. The fourth-order valence-corrected chi connectivity index (χ4v) is 9.58. The zero-order valence-corrected chi connectivity index (χ0v) is 21.5. The number of methoxy groups -OCH3 is 1. The van der Waals surface area contributed by atoms with Gasteiger partial charge >= 0.3 is 0 Å². The molecule has 2 spiro atoms. The third-order valence-corrected chi connectivity index (χ3v) is 11.9. The summed E-state index contributed by atoms with van der Waals surface area (Å²) in [6.45, 7) is 10.8. The third-order valence-electron chi connectivity index (χ3n) is 11.9. The van der Waals surface area contributed by atoms with E-state index in [-0.39, 0.29) is 34.0 Å². The maximum atomic E-state index is 12.2. The summed E-state index contributed by atoms with van der Waals surface area (Å²) in [7, 11) is 1.83. The first-order valence-electron chi connectivity index (χ1n) is 13.6. The second kappa shape index (κ2) is 6.33. The summed E-state index contributed by atoms with van der Waals surface area (Å²) in [5.74, 6) is 1.80. The fraction of sp³-hybridized carbons (Fsp3) is 0.793. The summed E-state index contributed by atoms with van der Waals surface area (Å²) in [4.78, 5) is 2.82. The van der Waals surface area contributed by atoms with Gasteiger partial charge in [0, 0.05) is 42.0 Å². The molecule has 34 heavy (non-hydrogen) atoms. The molecule has 5 nitrogen and oxygen atoms in total. The SMILES string of the molecule is CO[C@@]12CCC3(C[C@@H]1C(C)(O)C(C)(C)C)C1Cc4ccc(O)c5c4[C@@]3(CCN1CC1CC1)C2O5. The number of hydrogen-bond donors (Lipinski definition) is 2. The van der Waals surface area contributed by atoms with Crippen LogP contribution < -0.4 is 4.74 Å². The number of phenolic OH excluding ortho intramolecular Hbond substituents is 1. The molecule has 0 aromatic heterocycles. The number of benzene rings is 1. The summed E-state index contributed by atoms with van der Waals surface area (Å²) < 4.78 is 13.5. The summed E-state index contributed by atoms with van der Waals surface area (Å²) in [5, 5.41) is 23.2. The average Bonchev–Trinajstić information content (AvgIpc) is 3.53. The van der Waals surface area contributed by atoms with Crippen LogP contribution in [0.15, 0.2) is 12.1 Å². The van der Waals surface area contributed by atoms with Gasteiger partial charge in [-0.25, -0.2) is 0 Å². The van der Waals surface area contributed by atoms with Crippen molar-refractivity contribution in [3.8, 4) is 11.5 Å². The Hall–Kier alpha value is -1.30. The molecule has 1 saturated heterocycles. The van der Waals surface area contributed by atoms with Gasteiger partial charge in [-0.05, 0) is 81.4 Å². The third kappa shape index (κ3) is 2.25. The van der Waals surface area contributed by atoms with Gasteiger partial charge in [0.05, 0.1) is 5.60 Å². The number of ether oxygens (including phenoxy) is 2. The first kappa shape index (κ1) is 21.9. The first-order valence-corrected chi connectivity index (χ1v) is 13.6. The molecule has 2 aliphatic heterocycles. The number of phenols is 1. The van der Waals surface area contributed by atoms with Crippen LogP contribution in [0.2, 0.25) is 0 Å². The van der Waals surface area contributed by atoms with Crippen LogP contribution in [0, 0.1) is 22.7 Å². The topological polar surface area (TPSA) is 62.2 Å². The zero-order chi connectivity index (χ0) is 23.9. The van der Waals surface area contributed by atoms with E-state index in [1.165, 1.54) is 30.5 Å². The monoisotopic (exact) mass is 467 g/mol. The van der Waals surface area contributed by atoms with Crippen LogP contribution in [0.4, 0.5) is 0 Å². The van der Waals surface area contributed by atoms with E-state index in [1.54, 1.807) is 0 Å². The summed E-state index contributed by atoms with van der Waals surface area (Å²) >= 11 is 0. The highest BCUT2D eigenvalue weighted by atomic mass is 16.6. The van der Waals surface area contributed by atoms with Crippen molar-refractivity contribution in [2.24, 2.45) is 22.7 Å². The Morgan fingerprint density at radius 1 is 1.15 bits per heavy atom. The standard InChI is InChI=1S/C29H41NO4/c1-25(2,3)26(4,32)20-15-27-10-11-29(20,33-5)24-28(27)12-13-30(16-17-6-7-17)21(27)14-18-8-9-19(31)23(34-24)22(18)28/h8-9,17,20-21,24,31-32H,6-7,10-16H2,1-5H3/t20-,21?,24?,26?,27?,28+,29+/m1/s1. The number of piperidine rings is 1. The lowest BCUT2D eigenvalue weighted by Crippen LogP contribution is -2.83. The van der Waals surface area contributed by atoms with E-state index >= 15 is 0 Å². The molecule has 4 unspecified atom stereocenters. The maximum Gasteiger partial charge on any atom is 0.165 e. The highest BCUT2D eigenvalue weighted by molar-refractivity contribution is 5.63. The molecule has 4 bridgehead atoms. The molecule has 1 aromatic rings. The van der Waals surface area contributed by atoms with Crippen molar-refractivity contribution in [2.45, 2.75) is 101 Å². The smallest absolute Gasteiger partial charge is 0.165 e. The van der Waals surface area contributed by atoms with Crippen LogP contribution in [0.1, 0.15) is 77.3 Å². The molecule has 2 heterocycles. The van der Waals surface area contributed by atoms with Crippen LogP contribution >= 0.6 is 0 Å². The van der Waals surface area contributed by atoms with E-state index in [1.807, 2.05) is 20.1 Å².